The second-order valence-electron chi connectivity index (χ2n) is 5.96. The predicted octanol–water partition coefficient (Wildman–Crippen LogP) is 4.97. The van der Waals surface area contributed by atoms with Crippen molar-refractivity contribution in [2.75, 3.05) is 18.0 Å². The molecule has 0 bridgehead atoms. The molecule has 2 rings (SSSR count). The molecule has 20 heavy (non-hydrogen) atoms. The normalized spacial score (nSPS) is 20.3. The molecule has 1 aliphatic heterocycles. The third kappa shape index (κ3) is 3.43. The van der Waals surface area contributed by atoms with E-state index in [0.29, 0.717) is 17.4 Å². The van der Waals surface area contributed by atoms with Crippen LogP contribution in [0.25, 0.3) is 0 Å². The number of hydrogen-bond donors (Lipinski definition) is 0. The van der Waals surface area contributed by atoms with E-state index in [1.54, 1.807) is 0 Å². The van der Waals surface area contributed by atoms with E-state index in [1.165, 1.54) is 12.1 Å². The van der Waals surface area contributed by atoms with E-state index in [4.69, 9.17) is 11.6 Å². The van der Waals surface area contributed by atoms with Gasteiger partial charge in [0, 0.05) is 19.0 Å². The first-order valence-electron chi connectivity index (χ1n) is 7.31. The number of anilines is 1. The summed E-state index contributed by atoms with van der Waals surface area (Å²) < 4.78 is 28.3. The van der Waals surface area contributed by atoms with Gasteiger partial charge in [0.05, 0.1) is 0 Å². The van der Waals surface area contributed by atoms with Crippen LogP contribution in [0.5, 0.6) is 0 Å². The van der Waals surface area contributed by atoms with Crippen molar-refractivity contribution in [3.63, 3.8) is 0 Å². The molecule has 0 aliphatic carbocycles. The van der Waals surface area contributed by atoms with Gasteiger partial charge in [0.1, 0.15) is 17.3 Å². The molecule has 0 radical (unpaired) electrons. The number of benzene rings is 1. The maximum absolute atomic E-state index is 14.1. The molecule has 1 atom stereocenters. The lowest BCUT2D eigenvalue weighted by Crippen LogP contribution is -2.26. The fourth-order valence-electron chi connectivity index (χ4n) is 3.01. The van der Waals surface area contributed by atoms with Crippen molar-refractivity contribution in [1.29, 1.82) is 0 Å². The first-order valence-corrected chi connectivity index (χ1v) is 7.85. The summed E-state index contributed by atoms with van der Waals surface area (Å²) >= 11 is 5.64. The summed E-state index contributed by atoms with van der Waals surface area (Å²) in [4.78, 5) is 1.85. The average Bonchev–Trinajstić information content (AvgIpc) is 2.63. The molecule has 0 amide bonds. The van der Waals surface area contributed by atoms with Gasteiger partial charge in [-0.3, -0.25) is 0 Å². The minimum atomic E-state index is -0.497. The predicted molar refractivity (Wildman–Crippen MR) is 80.3 cm³/mol. The molecular formula is C16H22ClF2N. The Morgan fingerprint density at radius 1 is 1.20 bits per heavy atom. The van der Waals surface area contributed by atoms with Crippen LogP contribution in [0.4, 0.5) is 14.5 Å². The Morgan fingerprint density at radius 3 is 2.40 bits per heavy atom. The lowest BCUT2D eigenvalue weighted by molar-refractivity contribution is 0.351. The van der Waals surface area contributed by atoms with Crippen molar-refractivity contribution in [2.24, 2.45) is 11.8 Å². The van der Waals surface area contributed by atoms with Crippen molar-refractivity contribution >= 4 is 17.3 Å². The lowest BCUT2D eigenvalue weighted by Gasteiger charge is -2.24. The molecule has 0 spiro atoms. The van der Waals surface area contributed by atoms with Gasteiger partial charge in [-0.05, 0) is 48.8 Å². The zero-order valence-corrected chi connectivity index (χ0v) is 12.9. The lowest BCUT2D eigenvalue weighted by atomic mass is 9.89. The molecule has 1 aliphatic rings. The van der Waals surface area contributed by atoms with Crippen LogP contribution in [0, 0.1) is 23.5 Å². The molecule has 1 aromatic carbocycles. The topological polar surface area (TPSA) is 3.24 Å². The summed E-state index contributed by atoms with van der Waals surface area (Å²) in [5.74, 6) is 0.410. The van der Waals surface area contributed by atoms with E-state index < -0.39 is 11.6 Å². The fourth-order valence-corrected chi connectivity index (χ4v) is 3.16. The zero-order chi connectivity index (χ0) is 14.7. The SMILES string of the molecule is CC(C)C1CCCN(c2c(F)cc(CCl)cc2F)CC1. The van der Waals surface area contributed by atoms with Gasteiger partial charge in [-0.25, -0.2) is 8.78 Å². The number of halogens is 3. The fraction of sp³-hybridized carbons (Fsp3) is 0.625. The average molecular weight is 302 g/mol. The maximum atomic E-state index is 14.1. The van der Waals surface area contributed by atoms with Crippen LogP contribution in [0.3, 0.4) is 0 Å². The molecule has 0 aromatic heterocycles. The van der Waals surface area contributed by atoms with Gasteiger partial charge in [-0.15, -0.1) is 11.6 Å². The number of rotatable bonds is 3. The van der Waals surface area contributed by atoms with Crippen LogP contribution in [0.15, 0.2) is 12.1 Å². The van der Waals surface area contributed by atoms with Gasteiger partial charge in [-0.1, -0.05) is 13.8 Å². The minimum Gasteiger partial charge on any atom is -0.367 e. The molecule has 1 fully saturated rings. The molecule has 1 heterocycles. The molecule has 1 unspecified atom stereocenters. The molecule has 0 saturated carbocycles. The van der Waals surface area contributed by atoms with Gasteiger partial charge in [0.2, 0.25) is 0 Å². The Kier molecular flexibility index (Phi) is 5.25. The second-order valence-corrected chi connectivity index (χ2v) is 6.23. The third-order valence-electron chi connectivity index (χ3n) is 4.26. The standard InChI is InChI=1S/C16H22ClF2N/c1-11(2)13-4-3-6-20(7-5-13)16-14(18)8-12(10-17)9-15(16)19/h8-9,11,13H,3-7,10H2,1-2H3. The number of alkyl halides is 1. The second kappa shape index (κ2) is 6.75. The van der Waals surface area contributed by atoms with Gasteiger partial charge >= 0.3 is 0 Å². The van der Waals surface area contributed by atoms with Gasteiger partial charge in [-0.2, -0.15) is 0 Å². The first kappa shape index (κ1) is 15.6. The summed E-state index contributed by atoms with van der Waals surface area (Å²) in [6, 6.07) is 2.69. The monoisotopic (exact) mass is 301 g/mol. The molecule has 0 N–H and O–H groups in total. The molecule has 1 saturated heterocycles. The molecule has 1 nitrogen and oxygen atoms in total. The Morgan fingerprint density at radius 2 is 1.85 bits per heavy atom. The van der Waals surface area contributed by atoms with Crippen LogP contribution < -0.4 is 4.90 Å². The van der Waals surface area contributed by atoms with Gasteiger partial charge in [0.25, 0.3) is 0 Å². The minimum absolute atomic E-state index is 0.114. The number of hydrogen-bond acceptors (Lipinski definition) is 1. The highest BCUT2D eigenvalue weighted by atomic mass is 35.5. The quantitative estimate of drug-likeness (QED) is 0.713. The Hall–Kier alpha value is -0.830. The summed E-state index contributed by atoms with van der Waals surface area (Å²) in [7, 11) is 0. The van der Waals surface area contributed by atoms with E-state index in [1.807, 2.05) is 4.90 Å². The molecule has 1 aromatic rings. The third-order valence-corrected chi connectivity index (χ3v) is 4.57. The summed E-state index contributed by atoms with van der Waals surface area (Å²) in [5.41, 5.74) is 0.601. The van der Waals surface area contributed by atoms with Gasteiger partial charge < -0.3 is 4.90 Å². The van der Waals surface area contributed by atoms with Crippen LogP contribution in [-0.2, 0) is 5.88 Å². The Bertz CT molecular complexity index is 439. The van der Waals surface area contributed by atoms with Crippen LogP contribution >= 0.6 is 11.6 Å². The van der Waals surface area contributed by atoms with Crippen molar-refractivity contribution in [3.8, 4) is 0 Å². The van der Waals surface area contributed by atoms with E-state index in [0.717, 1.165) is 32.4 Å². The van der Waals surface area contributed by atoms with Crippen molar-refractivity contribution in [2.45, 2.75) is 39.0 Å². The highest BCUT2D eigenvalue weighted by molar-refractivity contribution is 6.17. The van der Waals surface area contributed by atoms with Crippen LogP contribution in [0.1, 0.15) is 38.7 Å². The van der Waals surface area contributed by atoms with Crippen molar-refractivity contribution < 1.29 is 8.78 Å². The highest BCUT2D eigenvalue weighted by Gasteiger charge is 2.23. The molecule has 4 heteroatoms. The molecular weight excluding hydrogens is 280 g/mol. The van der Waals surface area contributed by atoms with E-state index in [2.05, 4.69) is 13.8 Å². The van der Waals surface area contributed by atoms with E-state index >= 15 is 0 Å². The van der Waals surface area contributed by atoms with Gasteiger partial charge in [0.15, 0.2) is 0 Å². The Balaban J connectivity index is 2.19. The summed E-state index contributed by atoms with van der Waals surface area (Å²) in [6.07, 6.45) is 3.12. The smallest absolute Gasteiger partial charge is 0.149 e. The highest BCUT2D eigenvalue weighted by Crippen LogP contribution is 2.31. The largest absolute Gasteiger partial charge is 0.367 e. The first-order chi connectivity index (χ1) is 9.52. The van der Waals surface area contributed by atoms with Crippen LogP contribution in [-0.4, -0.2) is 13.1 Å². The Labute approximate surface area is 124 Å². The summed E-state index contributed by atoms with van der Waals surface area (Å²) in [5, 5.41) is 0. The van der Waals surface area contributed by atoms with E-state index in [9.17, 15) is 8.78 Å². The summed E-state index contributed by atoms with van der Waals surface area (Å²) in [6.45, 7) is 5.88. The zero-order valence-electron chi connectivity index (χ0n) is 12.1. The van der Waals surface area contributed by atoms with Crippen molar-refractivity contribution in [3.05, 3.63) is 29.3 Å². The van der Waals surface area contributed by atoms with Crippen molar-refractivity contribution in [1.82, 2.24) is 0 Å². The molecule has 112 valence electrons. The van der Waals surface area contributed by atoms with E-state index in [-0.39, 0.29) is 11.6 Å². The maximum Gasteiger partial charge on any atom is 0.149 e. The number of nitrogens with zero attached hydrogens (tertiary/aromatic N) is 1. The van der Waals surface area contributed by atoms with Crippen LogP contribution in [0.2, 0.25) is 0 Å².